The lowest BCUT2D eigenvalue weighted by Crippen LogP contribution is -2.22. The van der Waals surface area contributed by atoms with Gasteiger partial charge in [-0.2, -0.15) is 0 Å². The van der Waals surface area contributed by atoms with Crippen molar-refractivity contribution in [2.24, 2.45) is 0 Å². The second-order valence-electron chi connectivity index (χ2n) is 3.15. The van der Waals surface area contributed by atoms with Crippen LogP contribution >= 0.6 is 15.9 Å². The van der Waals surface area contributed by atoms with Crippen LogP contribution in [0.25, 0.3) is 6.08 Å². The Balaban J connectivity index is 2.44. The molecule has 0 fully saturated rings. The zero-order chi connectivity index (χ0) is 11.3. The van der Waals surface area contributed by atoms with Crippen molar-refractivity contribution in [3.63, 3.8) is 0 Å². The molecular formula is C11H12BrNO2. The number of nitrogens with one attached hydrogen (secondary N) is 1. The molecule has 0 bridgehead atoms. The van der Waals surface area contributed by atoms with Crippen LogP contribution in [0.1, 0.15) is 12.7 Å². The molecule has 15 heavy (non-hydrogen) atoms. The standard InChI is InChI=1S/C11H12BrNO2/c1-8(2)7-13-11(14)6-4-9-3-5-10(12)15-9/h3-6H,1,7H2,2H3,(H,13,14)/b6-4+. The molecule has 1 rings (SSSR count). The average Bonchev–Trinajstić information content (AvgIpc) is 2.58. The molecule has 4 heteroatoms. The van der Waals surface area contributed by atoms with Crippen LogP contribution in [-0.2, 0) is 4.79 Å². The summed E-state index contributed by atoms with van der Waals surface area (Å²) in [4.78, 5) is 11.2. The number of halogens is 1. The first-order chi connectivity index (χ1) is 7.08. The Morgan fingerprint density at radius 2 is 2.40 bits per heavy atom. The van der Waals surface area contributed by atoms with E-state index in [1.165, 1.54) is 6.08 Å². The predicted octanol–water partition coefficient (Wildman–Crippen LogP) is 2.75. The Bertz CT molecular complexity index is 393. The van der Waals surface area contributed by atoms with Crippen LogP contribution in [0, 0.1) is 0 Å². The minimum Gasteiger partial charge on any atom is -0.450 e. The number of hydrogen-bond donors (Lipinski definition) is 1. The minimum atomic E-state index is -0.162. The molecule has 1 N–H and O–H groups in total. The fourth-order valence-corrected chi connectivity index (χ4v) is 1.19. The summed E-state index contributed by atoms with van der Waals surface area (Å²) in [6.45, 7) is 6.03. The van der Waals surface area contributed by atoms with Gasteiger partial charge in [-0.1, -0.05) is 12.2 Å². The number of rotatable bonds is 4. The van der Waals surface area contributed by atoms with Crippen LogP contribution in [0.15, 0.2) is 39.4 Å². The highest BCUT2D eigenvalue weighted by Gasteiger charge is 1.97. The maximum absolute atomic E-state index is 11.2. The Kier molecular flexibility index (Phi) is 4.37. The molecule has 0 unspecified atom stereocenters. The van der Waals surface area contributed by atoms with Crippen molar-refractivity contribution >= 4 is 27.9 Å². The molecule has 80 valence electrons. The summed E-state index contributed by atoms with van der Waals surface area (Å²) >= 11 is 3.18. The third-order valence-electron chi connectivity index (χ3n) is 1.56. The fraction of sp³-hybridized carbons (Fsp3) is 0.182. The molecule has 0 aromatic carbocycles. The highest BCUT2D eigenvalue weighted by molar-refractivity contribution is 9.10. The first-order valence-electron chi connectivity index (χ1n) is 4.43. The molecule has 1 heterocycles. The van der Waals surface area contributed by atoms with E-state index in [1.54, 1.807) is 18.2 Å². The van der Waals surface area contributed by atoms with Crippen molar-refractivity contribution in [3.05, 3.63) is 40.8 Å². The third-order valence-corrected chi connectivity index (χ3v) is 1.98. The largest absolute Gasteiger partial charge is 0.450 e. The van der Waals surface area contributed by atoms with E-state index < -0.39 is 0 Å². The summed E-state index contributed by atoms with van der Waals surface area (Å²) in [5, 5.41) is 2.68. The Morgan fingerprint density at radius 3 is 2.93 bits per heavy atom. The second kappa shape index (κ2) is 5.56. The number of carbonyl (C=O) groups excluding carboxylic acids is 1. The Hall–Kier alpha value is -1.29. The highest BCUT2D eigenvalue weighted by atomic mass is 79.9. The normalized spacial score (nSPS) is 10.5. The third kappa shape index (κ3) is 4.65. The number of carbonyl (C=O) groups is 1. The van der Waals surface area contributed by atoms with Gasteiger partial charge in [0.2, 0.25) is 5.91 Å². The zero-order valence-electron chi connectivity index (χ0n) is 8.42. The lowest BCUT2D eigenvalue weighted by molar-refractivity contribution is -0.116. The lowest BCUT2D eigenvalue weighted by atomic mass is 10.3. The van der Waals surface area contributed by atoms with Crippen molar-refractivity contribution in [2.75, 3.05) is 6.54 Å². The van der Waals surface area contributed by atoms with Crippen molar-refractivity contribution in [1.82, 2.24) is 5.32 Å². The number of hydrogen-bond acceptors (Lipinski definition) is 2. The van der Waals surface area contributed by atoms with Gasteiger partial charge >= 0.3 is 0 Å². The van der Waals surface area contributed by atoms with Crippen LogP contribution in [0.5, 0.6) is 0 Å². The molecule has 0 aliphatic carbocycles. The van der Waals surface area contributed by atoms with Gasteiger partial charge in [0.05, 0.1) is 0 Å². The van der Waals surface area contributed by atoms with Crippen LogP contribution in [-0.4, -0.2) is 12.5 Å². The summed E-state index contributed by atoms with van der Waals surface area (Å²) in [6, 6.07) is 3.54. The van der Waals surface area contributed by atoms with Gasteiger partial charge in [-0.05, 0) is 41.1 Å². The van der Waals surface area contributed by atoms with Gasteiger partial charge in [-0.3, -0.25) is 4.79 Å². The smallest absolute Gasteiger partial charge is 0.244 e. The summed E-state index contributed by atoms with van der Waals surface area (Å²) in [7, 11) is 0. The predicted molar refractivity (Wildman–Crippen MR) is 63.3 cm³/mol. The number of furan rings is 1. The molecule has 0 aliphatic heterocycles. The van der Waals surface area contributed by atoms with E-state index in [-0.39, 0.29) is 5.91 Å². The first-order valence-corrected chi connectivity index (χ1v) is 5.23. The summed E-state index contributed by atoms with van der Waals surface area (Å²) in [5.41, 5.74) is 0.914. The molecule has 1 aromatic heterocycles. The Morgan fingerprint density at radius 1 is 1.67 bits per heavy atom. The maximum atomic E-state index is 11.2. The van der Waals surface area contributed by atoms with Crippen molar-refractivity contribution in [1.29, 1.82) is 0 Å². The molecular weight excluding hydrogens is 258 g/mol. The average molecular weight is 270 g/mol. The van der Waals surface area contributed by atoms with Crippen molar-refractivity contribution in [2.45, 2.75) is 6.92 Å². The molecule has 0 atom stereocenters. The van der Waals surface area contributed by atoms with Crippen LogP contribution < -0.4 is 5.32 Å². The van der Waals surface area contributed by atoms with Crippen LogP contribution in [0.4, 0.5) is 0 Å². The van der Waals surface area contributed by atoms with E-state index >= 15 is 0 Å². The van der Waals surface area contributed by atoms with Crippen LogP contribution in [0.2, 0.25) is 0 Å². The van der Waals surface area contributed by atoms with Gasteiger partial charge in [0, 0.05) is 12.6 Å². The Labute approximate surface area is 97.0 Å². The quantitative estimate of drug-likeness (QED) is 0.675. The molecule has 3 nitrogen and oxygen atoms in total. The van der Waals surface area contributed by atoms with E-state index in [4.69, 9.17) is 4.42 Å². The minimum absolute atomic E-state index is 0.162. The molecule has 0 radical (unpaired) electrons. The van der Waals surface area contributed by atoms with Crippen LogP contribution in [0.3, 0.4) is 0 Å². The molecule has 1 aromatic rings. The molecule has 0 aliphatic rings. The number of amides is 1. The topological polar surface area (TPSA) is 42.2 Å². The molecule has 0 saturated carbocycles. The van der Waals surface area contributed by atoms with Gasteiger partial charge in [0.1, 0.15) is 5.76 Å². The van der Waals surface area contributed by atoms with Crippen molar-refractivity contribution in [3.8, 4) is 0 Å². The molecule has 1 amide bonds. The van der Waals surface area contributed by atoms with E-state index in [0.29, 0.717) is 17.0 Å². The van der Waals surface area contributed by atoms with E-state index in [1.807, 2.05) is 6.92 Å². The second-order valence-corrected chi connectivity index (χ2v) is 3.93. The van der Waals surface area contributed by atoms with E-state index in [2.05, 4.69) is 27.8 Å². The fourth-order valence-electron chi connectivity index (χ4n) is 0.873. The SMILES string of the molecule is C=C(C)CNC(=O)/C=C/c1ccc(Br)o1. The summed E-state index contributed by atoms with van der Waals surface area (Å²) < 4.78 is 5.83. The summed E-state index contributed by atoms with van der Waals surface area (Å²) in [5.74, 6) is 0.470. The van der Waals surface area contributed by atoms with Crippen molar-refractivity contribution < 1.29 is 9.21 Å². The van der Waals surface area contributed by atoms with Gasteiger partial charge in [0.15, 0.2) is 4.67 Å². The van der Waals surface area contributed by atoms with E-state index in [9.17, 15) is 4.79 Å². The maximum Gasteiger partial charge on any atom is 0.244 e. The van der Waals surface area contributed by atoms with Gasteiger partial charge in [0.25, 0.3) is 0 Å². The molecule has 0 spiro atoms. The van der Waals surface area contributed by atoms with Gasteiger partial charge in [-0.15, -0.1) is 0 Å². The lowest BCUT2D eigenvalue weighted by Gasteiger charge is -1.99. The van der Waals surface area contributed by atoms with E-state index in [0.717, 1.165) is 5.57 Å². The first kappa shape index (κ1) is 11.8. The molecule has 0 saturated heterocycles. The van der Waals surface area contributed by atoms with Gasteiger partial charge in [-0.25, -0.2) is 0 Å². The summed E-state index contributed by atoms with van der Waals surface area (Å²) in [6.07, 6.45) is 3.03. The zero-order valence-corrected chi connectivity index (χ0v) is 10.0. The van der Waals surface area contributed by atoms with Gasteiger partial charge < -0.3 is 9.73 Å². The highest BCUT2D eigenvalue weighted by Crippen LogP contribution is 2.14. The monoisotopic (exact) mass is 269 g/mol.